The Morgan fingerprint density at radius 2 is 2.23 bits per heavy atom. The Labute approximate surface area is 80.9 Å². The first-order chi connectivity index (χ1) is 6.15. The molecule has 3 unspecified atom stereocenters. The van der Waals surface area contributed by atoms with Crippen molar-refractivity contribution in [3.8, 4) is 0 Å². The first kappa shape index (κ1) is 11.0. The summed E-state index contributed by atoms with van der Waals surface area (Å²) in [7, 11) is 0. The first-order valence-corrected chi connectivity index (χ1v) is 5.25. The summed E-state index contributed by atoms with van der Waals surface area (Å²) in [5.41, 5.74) is 5.72. The molecule has 1 saturated heterocycles. The molecule has 1 heterocycles. The Balaban J connectivity index is 2.39. The van der Waals surface area contributed by atoms with Crippen LogP contribution in [0.1, 0.15) is 26.7 Å². The SMILES string of the molecule is CC1CCCN(CC(N)CO)C1C. The number of hydrogen-bond acceptors (Lipinski definition) is 3. The summed E-state index contributed by atoms with van der Waals surface area (Å²) in [6.45, 7) is 6.62. The van der Waals surface area contributed by atoms with Crippen molar-refractivity contribution < 1.29 is 5.11 Å². The zero-order chi connectivity index (χ0) is 9.84. The number of aliphatic hydroxyl groups excluding tert-OH is 1. The molecule has 0 aromatic rings. The second-order valence-electron chi connectivity index (χ2n) is 4.30. The molecule has 1 rings (SSSR count). The van der Waals surface area contributed by atoms with Crippen molar-refractivity contribution in [1.82, 2.24) is 4.90 Å². The van der Waals surface area contributed by atoms with Crippen LogP contribution >= 0.6 is 0 Å². The fourth-order valence-corrected chi connectivity index (χ4v) is 2.04. The molecule has 0 aliphatic carbocycles. The van der Waals surface area contributed by atoms with E-state index >= 15 is 0 Å². The normalized spacial score (nSPS) is 33.2. The molecule has 78 valence electrons. The highest BCUT2D eigenvalue weighted by molar-refractivity contribution is 4.80. The van der Waals surface area contributed by atoms with E-state index in [0.29, 0.717) is 6.04 Å². The van der Waals surface area contributed by atoms with E-state index in [9.17, 15) is 0 Å². The van der Waals surface area contributed by atoms with E-state index < -0.39 is 0 Å². The van der Waals surface area contributed by atoms with Gasteiger partial charge in [-0.25, -0.2) is 0 Å². The number of aliphatic hydroxyl groups is 1. The average Bonchev–Trinajstić information content (AvgIpc) is 2.13. The summed E-state index contributed by atoms with van der Waals surface area (Å²) >= 11 is 0. The summed E-state index contributed by atoms with van der Waals surface area (Å²) in [5, 5.41) is 8.87. The van der Waals surface area contributed by atoms with Gasteiger partial charge in [0.25, 0.3) is 0 Å². The maximum atomic E-state index is 8.87. The van der Waals surface area contributed by atoms with E-state index in [4.69, 9.17) is 10.8 Å². The molecule has 0 bridgehead atoms. The van der Waals surface area contributed by atoms with Gasteiger partial charge in [0.15, 0.2) is 0 Å². The predicted molar refractivity (Wildman–Crippen MR) is 54.5 cm³/mol. The van der Waals surface area contributed by atoms with Crippen LogP contribution in [0.3, 0.4) is 0 Å². The predicted octanol–water partition coefficient (Wildman–Crippen LogP) is 0.426. The van der Waals surface area contributed by atoms with Crippen LogP contribution in [0.25, 0.3) is 0 Å². The van der Waals surface area contributed by atoms with E-state index in [1.807, 2.05) is 0 Å². The van der Waals surface area contributed by atoms with Crippen LogP contribution in [0.2, 0.25) is 0 Å². The first-order valence-electron chi connectivity index (χ1n) is 5.25. The molecule has 3 heteroatoms. The van der Waals surface area contributed by atoms with E-state index in [0.717, 1.165) is 19.0 Å². The highest BCUT2D eigenvalue weighted by Crippen LogP contribution is 2.22. The molecule has 0 aromatic carbocycles. The van der Waals surface area contributed by atoms with Crippen molar-refractivity contribution in [2.45, 2.75) is 38.8 Å². The number of nitrogens with zero attached hydrogens (tertiary/aromatic N) is 1. The third-order valence-electron chi connectivity index (χ3n) is 3.21. The smallest absolute Gasteiger partial charge is 0.0595 e. The van der Waals surface area contributed by atoms with Crippen LogP contribution in [0.4, 0.5) is 0 Å². The molecule has 0 radical (unpaired) electrons. The second-order valence-corrected chi connectivity index (χ2v) is 4.30. The molecule has 13 heavy (non-hydrogen) atoms. The molecule has 1 aliphatic rings. The van der Waals surface area contributed by atoms with Gasteiger partial charge in [-0.1, -0.05) is 6.92 Å². The Hall–Kier alpha value is -0.120. The molecular formula is C10H22N2O. The minimum atomic E-state index is -0.0762. The largest absolute Gasteiger partial charge is 0.395 e. The molecule has 0 spiro atoms. The molecule has 1 fully saturated rings. The van der Waals surface area contributed by atoms with Crippen LogP contribution in [0.5, 0.6) is 0 Å². The summed E-state index contributed by atoms with van der Waals surface area (Å²) in [6, 6.07) is 0.541. The summed E-state index contributed by atoms with van der Waals surface area (Å²) in [5.74, 6) is 0.764. The molecule has 1 aliphatic heterocycles. The van der Waals surface area contributed by atoms with E-state index in [1.54, 1.807) is 0 Å². The third kappa shape index (κ3) is 2.93. The fraction of sp³-hybridized carbons (Fsp3) is 1.00. The second kappa shape index (κ2) is 4.94. The van der Waals surface area contributed by atoms with Gasteiger partial charge in [0.2, 0.25) is 0 Å². The topological polar surface area (TPSA) is 49.5 Å². The van der Waals surface area contributed by atoms with Crippen LogP contribution in [-0.2, 0) is 0 Å². The zero-order valence-electron chi connectivity index (χ0n) is 8.74. The third-order valence-corrected chi connectivity index (χ3v) is 3.21. The number of hydrogen-bond donors (Lipinski definition) is 2. The van der Waals surface area contributed by atoms with Crippen molar-refractivity contribution in [2.75, 3.05) is 19.7 Å². The molecule has 3 atom stereocenters. The molecule has 0 aromatic heterocycles. The molecule has 3 nitrogen and oxygen atoms in total. The van der Waals surface area contributed by atoms with Gasteiger partial charge in [0.05, 0.1) is 6.61 Å². The van der Waals surface area contributed by atoms with Gasteiger partial charge in [-0.15, -0.1) is 0 Å². The quantitative estimate of drug-likeness (QED) is 0.672. The van der Waals surface area contributed by atoms with Crippen molar-refractivity contribution in [3.05, 3.63) is 0 Å². The molecule has 0 amide bonds. The minimum Gasteiger partial charge on any atom is -0.395 e. The molecular weight excluding hydrogens is 164 g/mol. The maximum absolute atomic E-state index is 8.87. The Morgan fingerprint density at radius 3 is 2.85 bits per heavy atom. The Kier molecular flexibility index (Phi) is 4.16. The van der Waals surface area contributed by atoms with Gasteiger partial charge in [0, 0.05) is 18.6 Å². The van der Waals surface area contributed by atoms with Crippen molar-refractivity contribution in [1.29, 1.82) is 0 Å². The van der Waals surface area contributed by atoms with Crippen LogP contribution in [0.15, 0.2) is 0 Å². The van der Waals surface area contributed by atoms with Crippen LogP contribution in [-0.4, -0.2) is 41.8 Å². The summed E-state index contributed by atoms with van der Waals surface area (Å²) in [6.07, 6.45) is 2.59. The monoisotopic (exact) mass is 186 g/mol. The van der Waals surface area contributed by atoms with E-state index in [1.165, 1.54) is 12.8 Å². The lowest BCUT2D eigenvalue weighted by molar-refractivity contribution is 0.0963. The van der Waals surface area contributed by atoms with Crippen molar-refractivity contribution in [3.63, 3.8) is 0 Å². The van der Waals surface area contributed by atoms with Crippen LogP contribution < -0.4 is 5.73 Å². The van der Waals surface area contributed by atoms with Crippen molar-refractivity contribution in [2.24, 2.45) is 11.7 Å². The van der Waals surface area contributed by atoms with E-state index in [2.05, 4.69) is 18.7 Å². The van der Waals surface area contributed by atoms with Crippen LogP contribution in [0, 0.1) is 5.92 Å². The highest BCUT2D eigenvalue weighted by atomic mass is 16.3. The summed E-state index contributed by atoms with van der Waals surface area (Å²) in [4.78, 5) is 2.40. The Morgan fingerprint density at radius 1 is 1.54 bits per heavy atom. The number of rotatable bonds is 3. The number of likely N-dealkylation sites (tertiary alicyclic amines) is 1. The lowest BCUT2D eigenvalue weighted by Crippen LogP contribution is -2.48. The lowest BCUT2D eigenvalue weighted by atomic mass is 9.92. The highest BCUT2D eigenvalue weighted by Gasteiger charge is 2.25. The van der Waals surface area contributed by atoms with Crippen molar-refractivity contribution >= 4 is 0 Å². The minimum absolute atomic E-state index is 0.0762. The average molecular weight is 186 g/mol. The number of nitrogens with two attached hydrogens (primary N) is 1. The van der Waals surface area contributed by atoms with E-state index in [-0.39, 0.29) is 12.6 Å². The van der Waals surface area contributed by atoms with Gasteiger partial charge in [0.1, 0.15) is 0 Å². The molecule has 0 saturated carbocycles. The fourth-order valence-electron chi connectivity index (χ4n) is 2.04. The lowest BCUT2D eigenvalue weighted by Gasteiger charge is -2.38. The molecule has 3 N–H and O–H groups in total. The van der Waals surface area contributed by atoms with Gasteiger partial charge >= 0.3 is 0 Å². The Bertz CT molecular complexity index is 152. The standard InChI is InChI=1S/C10H22N2O/c1-8-4-3-5-12(9(8)2)6-10(11)7-13/h8-10,13H,3-7,11H2,1-2H3. The van der Waals surface area contributed by atoms with Gasteiger partial charge in [-0.2, -0.15) is 0 Å². The zero-order valence-corrected chi connectivity index (χ0v) is 8.74. The van der Waals surface area contributed by atoms with Gasteiger partial charge < -0.3 is 10.8 Å². The summed E-state index contributed by atoms with van der Waals surface area (Å²) < 4.78 is 0. The maximum Gasteiger partial charge on any atom is 0.0595 e. The van der Waals surface area contributed by atoms with Gasteiger partial charge in [-0.3, -0.25) is 4.90 Å². The van der Waals surface area contributed by atoms with Gasteiger partial charge in [-0.05, 0) is 32.2 Å². The number of piperidine rings is 1.